The highest BCUT2D eigenvalue weighted by Gasteiger charge is 2.30. The molecule has 0 aliphatic heterocycles. The molecule has 6 nitrogen and oxygen atoms in total. The molecular weight excluding hydrogens is 348 g/mol. The lowest BCUT2D eigenvalue weighted by molar-refractivity contribution is -0.153. The van der Waals surface area contributed by atoms with Crippen LogP contribution in [0.15, 0.2) is 36.4 Å². The van der Waals surface area contributed by atoms with Crippen molar-refractivity contribution in [1.29, 1.82) is 0 Å². The molecule has 6 heteroatoms. The Balaban J connectivity index is 1.52. The number of rotatable bonds is 9. The Kier molecular flexibility index (Phi) is 8.55. The van der Waals surface area contributed by atoms with Crippen LogP contribution in [0.2, 0.25) is 0 Å². The minimum absolute atomic E-state index is 0.193. The smallest absolute Gasteiger partial charge is 0.330 e. The maximum Gasteiger partial charge on any atom is 0.330 e. The Labute approximate surface area is 159 Å². The molecule has 0 amide bonds. The van der Waals surface area contributed by atoms with Crippen molar-refractivity contribution in [1.82, 2.24) is 0 Å². The summed E-state index contributed by atoms with van der Waals surface area (Å²) >= 11 is 0. The minimum atomic E-state index is -0.782. The van der Waals surface area contributed by atoms with Gasteiger partial charge >= 0.3 is 17.9 Å². The van der Waals surface area contributed by atoms with E-state index in [1.54, 1.807) is 6.08 Å². The van der Waals surface area contributed by atoms with Gasteiger partial charge in [0.2, 0.25) is 0 Å². The van der Waals surface area contributed by atoms with Crippen LogP contribution in [0.4, 0.5) is 0 Å². The lowest BCUT2D eigenvalue weighted by atomic mass is 9.82. The van der Waals surface area contributed by atoms with Crippen molar-refractivity contribution >= 4 is 24.0 Å². The van der Waals surface area contributed by atoms with Gasteiger partial charge in [0.25, 0.3) is 0 Å². The van der Waals surface area contributed by atoms with Gasteiger partial charge in [0.1, 0.15) is 0 Å². The third-order valence-corrected chi connectivity index (χ3v) is 4.65. The molecule has 1 aromatic rings. The average Bonchev–Trinajstić information content (AvgIpc) is 2.69. The van der Waals surface area contributed by atoms with Gasteiger partial charge in [-0.3, -0.25) is 9.59 Å². The van der Waals surface area contributed by atoms with Crippen molar-refractivity contribution in [2.45, 2.75) is 38.5 Å². The van der Waals surface area contributed by atoms with Crippen LogP contribution in [0, 0.1) is 11.8 Å². The maximum atomic E-state index is 12.0. The van der Waals surface area contributed by atoms with E-state index in [4.69, 9.17) is 14.6 Å². The van der Waals surface area contributed by atoms with Crippen molar-refractivity contribution in [2.75, 3.05) is 13.2 Å². The van der Waals surface area contributed by atoms with Gasteiger partial charge in [0, 0.05) is 6.08 Å². The summed E-state index contributed by atoms with van der Waals surface area (Å²) in [5, 5.41) is 8.96. The molecule has 1 fully saturated rings. The van der Waals surface area contributed by atoms with Gasteiger partial charge in [0.15, 0.2) is 0 Å². The zero-order valence-corrected chi connectivity index (χ0v) is 15.3. The zero-order chi connectivity index (χ0) is 19.5. The number of ether oxygens (including phenoxy) is 2. The second-order valence-electron chi connectivity index (χ2n) is 6.67. The highest BCUT2D eigenvalue weighted by Crippen LogP contribution is 2.29. The normalized spacial score (nSPS) is 19.6. The number of hydrogen-bond acceptors (Lipinski definition) is 5. The highest BCUT2D eigenvalue weighted by molar-refractivity contribution is 5.87. The summed E-state index contributed by atoms with van der Waals surface area (Å²) in [5.74, 6) is -1.95. The molecule has 0 heterocycles. The first kappa shape index (κ1) is 20.7. The quantitative estimate of drug-likeness (QED) is 0.404. The fraction of sp³-hybridized carbons (Fsp3) is 0.476. The van der Waals surface area contributed by atoms with Crippen LogP contribution < -0.4 is 0 Å². The van der Waals surface area contributed by atoms with Crippen LogP contribution >= 0.6 is 0 Å². The Morgan fingerprint density at radius 2 is 1.52 bits per heavy atom. The van der Waals surface area contributed by atoms with E-state index in [9.17, 15) is 14.4 Å². The molecule has 2 rings (SSSR count). The van der Waals surface area contributed by atoms with Crippen LogP contribution in [0.3, 0.4) is 0 Å². The second-order valence-corrected chi connectivity index (χ2v) is 6.67. The van der Waals surface area contributed by atoms with Gasteiger partial charge < -0.3 is 14.6 Å². The largest absolute Gasteiger partial charge is 0.481 e. The van der Waals surface area contributed by atoms with Gasteiger partial charge in [-0.2, -0.15) is 0 Å². The molecule has 27 heavy (non-hydrogen) atoms. The van der Waals surface area contributed by atoms with Crippen molar-refractivity contribution < 1.29 is 29.0 Å². The van der Waals surface area contributed by atoms with Crippen molar-refractivity contribution in [3.63, 3.8) is 0 Å². The molecule has 1 aliphatic rings. The maximum absolute atomic E-state index is 12.0. The highest BCUT2D eigenvalue weighted by atomic mass is 16.5. The standard InChI is InChI=1S/C21H26O6/c22-19(13-8-16-6-2-1-3-7-16)26-14-4-5-15-27-21(25)18-11-9-17(10-12-18)20(23)24/h1-3,6-8,13,17-18H,4-5,9-12,14-15H2,(H,23,24). The van der Waals surface area contributed by atoms with E-state index in [1.807, 2.05) is 30.3 Å². The summed E-state index contributed by atoms with van der Waals surface area (Å²) in [6.45, 7) is 0.564. The topological polar surface area (TPSA) is 89.9 Å². The number of aliphatic carboxylic acids is 1. The lowest BCUT2D eigenvalue weighted by Crippen LogP contribution is -2.27. The lowest BCUT2D eigenvalue weighted by Gasteiger charge is -2.24. The molecule has 0 bridgehead atoms. The molecule has 0 atom stereocenters. The third-order valence-electron chi connectivity index (χ3n) is 4.65. The summed E-state index contributed by atoms with van der Waals surface area (Å²) in [5.41, 5.74) is 0.929. The van der Waals surface area contributed by atoms with E-state index in [0.29, 0.717) is 38.5 Å². The van der Waals surface area contributed by atoms with E-state index >= 15 is 0 Å². The first-order valence-electron chi connectivity index (χ1n) is 9.35. The molecule has 1 aromatic carbocycles. The molecule has 1 N–H and O–H groups in total. The fourth-order valence-corrected chi connectivity index (χ4v) is 3.02. The predicted octanol–water partition coefficient (Wildman–Crippen LogP) is 3.46. The Morgan fingerprint density at radius 1 is 0.926 bits per heavy atom. The number of esters is 2. The molecular formula is C21H26O6. The van der Waals surface area contributed by atoms with E-state index in [2.05, 4.69) is 0 Å². The number of benzene rings is 1. The van der Waals surface area contributed by atoms with E-state index in [1.165, 1.54) is 6.08 Å². The predicted molar refractivity (Wildman–Crippen MR) is 99.7 cm³/mol. The molecule has 1 saturated carbocycles. The Bertz CT molecular complexity index is 644. The summed E-state index contributed by atoms with van der Waals surface area (Å²) in [7, 11) is 0. The van der Waals surface area contributed by atoms with Crippen LogP contribution in [-0.2, 0) is 23.9 Å². The SMILES string of the molecule is O=C(C=Cc1ccccc1)OCCCCOC(=O)C1CCC(C(=O)O)CC1. The second kappa shape index (κ2) is 11.2. The van der Waals surface area contributed by atoms with Gasteiger partial charge in [-0.15, -0.1) is 0 Å². The van der Waals surface area contributed by atoms with Gasteiger partial charge in [-0.25, -0.2) is 4.79 Å². The van der Waals surface area contributed by atoms with Crippen LogP contribution in [-0.4, -0.2) is 36.2 Å². The third kappa shape index (κ3) is 7.64. The molecule has 0 saturated heterocycles. The molecule has 0 aromatic heterocycles. The summed E-state index contributed by atoms with van der Waals surface area (Å²) in [4.78, 5) is 34.5. The van der Waals surface area contributed by atoms with E-state index < -0.39 is 11.9 Å². The van der Waals surface area contributed by atoms with Crippen molar-refractivity contribution in [3.05, 3.63) is 42.0 Å². The monoisotopic (exact) mass is 374 g/mol. The van der Waals surface area contributed by atoms with E-state index in [0.717, 1.165) is 5.56 Å². The molecule has 0 spiro atoms. The van der Waals surface area contributed by atoms with Gasteiger partial charge in [-0.1, -0.05) is 30.3 Å². The van der Waals surface area contributed by atoms with Crippen LogP contribution in [0.25, 0.3) is 6.08 Å². The van der Waals surface area contributed by atoms with E-state index in [-0.39, 0.29) is 31.0 Å². The zero-order valence-electron chi connectivity index (χ0n) is 15.3. The first-order valence-corrected chi connectivity index (χ1v) is 9.35. The van der Waals surface area contributed by atoms with Crippen molar-refractivity contribution in [3.8, 4) is 0 Å². The Morgan fingerprint density at radius 3 is 2.15 bits per heavy atom. The first-order chi connectivity index (χ1) is 13.1. The van der Waals surface area contributed by atoms with Gasteiger partial charge in [0.05, 0.1) is 25.0 Å². The minimum Gasteiger partial charge on any atom is -0.481 e. The Hall–Kier alpha value is -2.63. The number of unbranched alkanes of at least 4 members (excludes halogenated alkanes) is 1. The molecule has 0 unspecified atom stereocenters. The number of carbonyl (C=O) groups excluding carboxylic acids is 2. The average molecular weight is 374 g/mol. The summed E-state index contributed by atoms with van der Waals surface area (Å²) in [6, 6.07) is 9.48. The van der Waals surface area contributed by atoms with Gasteiger partial charge in [-0.05, 0) is 50.2 Å². The molecule has 146 valence electrons. The van der Waals surface area contributed by atoms with Crippen LogP contribution in [0.5, 0.6) is 0 Å². The van der Waals surface area contributed by atoms with Crippen molar-refractivity contribution in [2.24, 2.45) is 11.8 Å². The van der Waals surface area contributed by atoms with Crippen LogP contribution in [0.1, 0.15) is 44.1 Å². The number of carboxylic acids is 1. The number of carbonyl (C=O) groups is 3. The number of hydrogen-bond donors (Lipinski definition) is 1. The fourth-order valence-electron chi connectivity index (χ4n) is 3.02. The molecule has 0 radical (unpaired) electrons. The molecule has 1 aliphatic carbocycles. The summed E-state index contributed by atoms with van der Waals surface area (Å²) < 4.78 is 10.3. The summed E-state index contributed by atoms with van der Waals surface area (Å²) in [6.07, 6.45) is 6.52. The number of carboxylic acid groups (broad SMARTS) is 1.